The number of carbonyl (C=O) groups is 1. The van der Waals surface area contributed by atoms with Gasteiger partial charge in [-0.1, -0.05) is 11.6 Å². The molecule has 0 unspecified atom stereocenters. The molecule has 0 radical (unpaired) electrons. The molecule has 5 nitrogen and oxygen atoms in total. The van der Waals surface area contributed by atoms with Crippen molar-refractivity contribution in [3.05, 3.63) is 22.7 Å². The molecule has 0 spiro atoms. The number of nitrogen functional groups attached to an aromatic ring is 1. The summed E-state index contributed by atoms with van der Waals surface area (Å²) in [5, 5.41) is 3.69. The lowest BCUT2D eigenvalue weighted by Crippen LogP contribution is -2.26. The first-order chi connectivity index (χ1) is 10.1. The van der Waals surface area contributed by atoms with E-state index in [0.717, 1.165) is 26.2 Å². The molecule has 3 N–H and O–H groups in total. The normalized spacial score (nSPS) is 15.1. The number of carbonyl (C=O) groups excluding carboxylic acids is 1. The summed E-state index contributed by atoms with van der Waals surface area (Å²) in [6.07, 6.45) is 2.52. The average molecular weight is 312 g/mol. The van der Waals surface area contributed by atoms with Crippen LogP contribution in [0.15, 0.2) is 12.1 Å². The number of likely N-dealkylation sites (tertiary alicyclic amines) is 1. The monoisotopic (exact) mass is 311 g/mol. The molecule has 1 heterocycles. The van der Waals surface area contributed by atoms with Crippen LogP contribution in [0.3, 0.4) is 0 Å². The summed E-state index contributed by atoms with van der Waals surface area (Å²) in [4.78, 5) is 14.4. The number of nitrogens with zero attached hydrogens (tertiary/aromatic N) is 1. The molecule has 1 aliphatic rings. The molecule has 0 bridgehead atoms. The topological polar surface area (TPSA) is 67.6 Å². The number of nitrogens with one attached hydrogen (secondary N) is 1. The van der Waals surface area contributed by atoms with Crippen molar-refractivity contribution in [2.75, 3.05) is 43.8 Å². The summed E-state index contributed by atoms with van der Waals surface area (Å²) >= 11 is 6.21. The standard InChI is InChI=1S/C15H22ClN3O2/c1-2-21-15(20)12-9-11(17)10-13(16)14(12)18-5-8-19-6-3-4-7-19/h9-10,18H,2-8,17H2,1H3. The predicted octanol–water partition coefficient (Wildman–Crippen LogP) is 2.61. The van der Waals surface area contributed by atoms with Gasteiger partial charge in [-0.3, -0.25) is 0 Å². The minimum Gasteiger partial charge on any atom is -0.462 e. The second kappa shape index (κ2) is 7.52. The molecular weight excluding hydrogens is 290 g/mol. The van der Waals surface area contributed by atoms with Crippen LogP contribution >= 0.6 is 11.6 Å². The molecule has 0 atom stereocenters. The number of rotatable bonds is 6. The zero-order valence-corrected chi connectivity index (χ0v) is 13.1. The minimum atomic E-state index is -0.407. The second-order valence-electron chi connectivity index (χ2n) is 5.12. The minimum absolute atomic E-state index is 0.318. The number of halogens is 1. The molecule has 1 aromatic carbocycles. The molecule has 2 rings (SSSR count). The van der Waals surface area contributed by atoms with Crippen molar-refractivity contribution in [2.45, 2.75) is 19.8 Å². The lowest BCUT2D eigenvalue weighted by molar-refractivity contribution is 0.0527. The Labute approximate surface area is 130 Å². The quantitative estimate of drug-likeness (QED) is 0.624. The van der Waals surface area contributed by atoms with Crippen LogP contribution in [-0.2, 0) is 4.74 Å². The third kappa shape index (κ3) is 4.25. The number of ether oxygens (including phenoxy) is 1. The van der Waals surface area contributed by atoms with Crippen LogP contribution in [0.25, 0.3) is 0 Å². The van der Waals surface area contributed by atoms with Crippen molar-refractivity contribution < 1.29 is 9.53 Å². The summed E-state index contributed by atoms with van der Waals surface area (Å²) in [6, 6.07) is 3.24. The van der Waals surface area contributed by atoms with Gasteiger partial charge in [0, 0.05) is 18.8 Å². The number of hydrogen-bond acceptors (Lipinski definition) is 5. The van der Waals surface area contributed by atoms with Crippen molar-refractivity contribution in [1.29, 1.82) is 0 Å². The van der Waals surface area contributed by atoms with Gasteiger partial charge in [0.15, 0.2) is 0 Å². The number of hydrogen-bond donors (Lipinski definition) is 2. The molecule has 0 amide bonds. The van der Waals surface area contributed by atoms with Crippen LogP contribution in [0, 0.1) is 0 Å². The molecule has 1 saturated heterocycles. The Morgan fingerprint density at radius 1 is 1.43 bits per heavy atom. The molecule has 0 saturated carbocycles. The molecule has 21 heavy (non-hydrogen) atoms. The van der Waals surface area contributed by atoms with Gasteiger partial charge in [-0.2, -0.15) is 0 Å². The van der Waals surface area contributed by atoms with Crippen LogP contribution in [0.4, 0.5) is 11.4 Å². The smallest absolute Gasteiger partial charge is 0.340 e. The number of esters is 1. The summed E-state index contributed by atoms with van der Waals surface area (Å²) in [7, 11) is 0. The number of benzene rings is 1. The highest BCUT2D eigenvalue weighted by molar-refractivity contribution is 6.34. The van der Waals surface area contributed by atoms with Crippen LogP contribution in [-0.4, -0.2) is 43.7 Å². The van der Waals surface area contributed by atoms with E-state index in [1.165, 1.54) is 12.8 Å². The fraction of sp³-hybridized carbons (Fsp3) is 0.533. The van der Waals surface area contributed by atoms with Gasteiger partial charge in [0.25, 0.3) is 0 Å². The SMILES string of the molecule is CCOC(=O)c1cc(N)cc(Cl)c1NCCN1CCCC1. The van der Waals surface area contributed by atoms with Gasteiger partial charge in [0.05, 0.1) is 22.9 Å². The maximum atomic E-state index is 12.0. The highest BCUT2D eigenvalue weighted by atomic mass is 35.5. The van der Waals surface area contributed by atoms with E-state index in [2.05, 4.69) is 10.2 Å². The molecule has 1 fully saturated rings. The van der Waals surface area contributed by atoms with E-state index < -0.39 is 5.97 Å². The van der Waals surface area contributed by atoms with Crippen molar-refractivity contribution >= 4 is 28.9 Å². The molecule has 116 valence electrons. The van der Waals surface area contributed by atoms with Gasteiger partial charge in [-0.05, 0) is 45.0 Å². The Kier molecular flexibility index (Phi) is 5.70. The van der Waals surface area contributed by atoms with Gasteiger partial charge in [0.2, 0.25) is 0 Å². The molecule has 1 aliphatic heterocycles. The van der Waals surface area contributed by atoms with Gasteiger partial charge >= 0.3 is 5.97 Å². The maximum absolute atomic E-state index is 12.0. The largest absolute Gasteiger partial charge is 0.462 e. The highest BCUT2D eigenvalue weighted by Gasteiger charge is 2.17. The van der Waals surface area contributed by atoms with E-state index in [-0.39, 0.29) is 0 Å². The molecule has 6 heteroatoms. The third-order valence-corrected chi connectivity index (χ3v) is 3.83. The summed E-state index contributed by atoms with van der Waals surface area (Å²) < 4.78 is 5.05. The van der Waals surface area contributed by atoms with Gasteiger partial charge < -0.3 is 20.7 Å². The van der Waals surface area contributed by atoms with E-state index in [1.807, 2.05) is 0 Å². The zero-order chi connectivity index (χ0) is 15.2. The lowest BCUT2D eigenvalue weighted by Gasteiger charge is -2.18. The van der Waals surface area contributed by atoms with E-state index in [9.17, 15) is 4.79 Å². The van der Waals surface area contributed by atoms with Crippen LogP contribution in [0.2, 0.25) is 5.02 Å². The van der Waals surface area contributed by atoms with Crippen molar-refractivity contribution in [3.63, 3.8) is 0 Å². The third-order valence-electron chi connectivity index (χ3n) is 3.54. The van der Waals surface area contributed by atoms with E-state index in [0.29, 0.717) is 28.6 Å². The number of anilines is 2. The maximum Gasteiger partial charge on any atom is 0.340 e. The zero-order valence-electron chi connectivity index (χ0n) is 12.3. The van der Waals surface area contributed by atoms with Gasteiger partial charge in [-0.15, -0.1) is 0 Å². The van der Waals surface area contributed by atoms with Crippen LogP contribution < -0.4 is 11.1 Å². The fourth-order valence-corrected chi connectivity index (χ4v) is 2.82. The molecular formula is C15H22ClN3O2. The lowest BCUT2D eigenvalue weighted by atomic mass is 10.1. The van der Waals surface area contributed by atoms with E-state index >= 15 is 0 Å². The summed E-state index contributed by atoms with van der Waals surface area (Å²) in [5.74, 6) is -0.407. The van der Waals surface area contributed by atoms with E-state index in [1.54, 1.807) is 19.1 Å². The van der Waals surface area contributed by atoms with Gasteiger partial charge in [-0.25, -0.2) is 4.79 Å². The Morgan fingerprint density at radius 2 is 2.14 bits per heavy atom. The van der Waals surface area contributed by atoms with Crippen molar-refractivity contribution in [1.82, 2.24) is 4.90 Å². The molecule has 0 aromatic heterocycles. The van der Waals surface area contributed by atoms with Crippen molar-refractivity contribution in [3.8, 4) is 0 Å². The Morgan fingerprint density at radius 3 is 2.81 bits per heavy atom. The molecule has 1 aromatic rings. The first-order valence-electron chi connectivity index (χ1n) is 7.34. The van der Waals surface area contributed by atoms with Gasteiger partial charge in [0.1, 0.15) is 0 Å². The Balaban J connectivity index is 2.06. The Hall–Kier alpha value is -1.46. The second-order valence-corrected chi connectivity index (χ2v) is 5.53. The molecule has 0 aliphatic carbocycles. The average Bonchev–Trinajstić information content (AvgIpc) is 2.94. The number of nitrogens with two attached hydrogens (primary N) is 1. The van der Waals surface area contributed by atoms with Crippen LogP contribution in [0.5, 0.6) is 0 Å². The first kappa shape index (κ1) is 15.9. The predicted molar refractivity (Wildman–Crippen MR) is 86.0 cm³/mol. The van der Waals surface area contributed by atoms with Crippen LogP contribution in [0.1, 0.15) is 30.1 Å². The fourth-order valence-electron chi connectivity index (χ4n) is 2.52. The van der Waals surface area contributed by atoms with Crippen molar-refractivity contribution in [2.24, 2.45) is 0 Å². The highest BCUT2D eigenvalue weighted by Crippen LogP contribution is 2.29. The summed E-state index contributed by atoms with van der Waals surface area (Å²) in [6.45, 7) is 6.04. The summed E-state index contributed by atoms with van der Waals surface area (Å²) in [5.41, 5.74) is 7.21. The Bertz CT molecular complexity index is 502. The van der Waals surface area contributed by atoms with E-state index in [4.69, 9.17) is 22.1 Å². The first-order valence-corrected chi connectivity index (χ1v) is 7.72.